The Labute approximate surface area is 117 Å². The number of nitrogens with one attached hydrogen (secondary N) is 1. The summed E-state index contributed by atoms with van der Waals surface area (Å²) in [6, 6.07) is 6.55. The van der Waals surface area contributed by atoms with Gasteiger partial charge in [0, 0.05) is 11.0 Å². The van der Waals surface area contributed by atoms with Gasteiger partial charge in [-0.25, -0.2) is 0 Å². The number of halogens is 1. The zero-order valence-corrected chi connectivity index (χ0v) is 12.2. The molecule has 1 aromatic rings. The summed E-state index contributed by atoms with van der Waals surface area (Å²) in [5.74, 6) is 2.47. The molecule has 1 aliphatic carbocycles. The van der Waals surface area contributed by atoms with E-state index in [4.69, 9.17) is 4.74 Å². The predicted molar refractivity (Wildman–Crippen MR) is 77.2 cm³/mol. The van der Waals surface area contributed by atoms with Crippen molar-refractivity contribution >= 4 is 15.9 Å². The normalized spacial score (nSPS) is 23.9. The maximum atomic E-state index is 5.89. The smallest absolute Gasteiger partial charge is 0.120 e. The fourth-order valence-corrected chi connectivity index (χ4v) is 3.03. The predicted octanol–water partition coefficient (Wildman–Crippen LogP) is 3.70. The van der Waals surface area contributed by atoms with E-state index in [9.17, 15) is 0 Å². The Hall–Kier alpha value is -0.540. The highest BCUT2D eigenvalue weighted by Crippen LogP contribution is 2.32. The largest absolute Gasteiger partial charge is 0.493 e. The molecule has 1 heterocycles. The van der Waals surface area contributed by atoms with Crippen molar-refractivity contribution in [3.8, 4) is 5.75 Å². The van der Waals surface area contributed by atoms with E-state index in [0.29, 0.717) is 5.92 Å². The van der Waals surface area contributed by atoms with Crippen LogP contribution in [0.3, 0.4) is 0 Å². The highest BCUT2D eigenvalue weighted by Gasteiger charge is 2.22. The van der Waals surface area contributed by atoms with Crippen LogP contribution in [0.2, 0.25) is 0 Å². The van der Waals surface area contributed by atoms with E-state index in [0.717, 1.165) is 35.8 Å². The molecule has 2 fully saturated rings. The van der Waals surface area contributed by atoms with Crippen molar-refractivity contribution in [3.05, 3.63) is 28.2 Å². The van der Waals surface area contributed by atoms with Gasteiger partial charge in [0.05, 0.1) is 6.61 Å². The number of hydrogen-bond donors (Lipinski definition) is 1. The van der Waals surface area contributed by atoms with Gasteiger partial charge >= 0.3 is 0 Å². The Kier molecular flexibility index (Phi) is 3.90. The standard InChI is InChI=1S/C15H20BrNO/c16-14-6-13(12-2-1-5-17-9-12)7-15(8-14)18-10-11-3-4-11/h6-8,11-12,17H,1-5,9-10H2. The zero-order chi connectivity index (χ0) is 12.4. The van der Waals surface area contributed by atoms with Gasteiger partial charge in [-0.15, -0.1) is 0 Å². The Morgan fingerprint density at radius 1 is 1.22 bits per heavy atom. The van der Waals surface area contributed by atoms with Gasteiger partial charge in [0.1, 0.15) is 5.75 Å². The summed E-state index contributed by atoms with van der Waals surface area (Å²) < 4.78 is 7.03. The van der Waals surface area contributed by atoms with Gasteiger partial charge in [-0.05, 0) is 67.8 Å². The minimum absolute atomic E-state index is 0.638. The van der Waals surface area contributed by atoms with Crippen molar-refractivity contribution in [2.75, 3.05) is 19.7 Å². The molecule has 0 amide bonds. The molecule has 1 saturated carbocycles. The lowest BCUT2D eigenvalue weighted by atomic mass is 9.92. The van der Waals surface area contributed by atoms with Gasteiger partial charge in [-0.2, -0.15) is 0 Å². The number of benzene rings is 1. The quantitative estimate of drug-likeness (QED) is 0.915. The van der Waals surface area contributed by atoms with E-state index in [1.807, 2.05) is 0 Å². The van der Waals surface area contributed by atoms with Crippen LogP contribution in [-0.4, -0.2) is 19.7 Å². The number of ether oxygens (including phenoxy) is 1. The molecule has 0 bridgehead atoms. The lowest BCUT2D eigenvalue weighted by Crippen LogP contribution is -2.28. The molecule has 3 rings (SSSR count). The van der Waals surface area contributed by atoms with Crippen LogP contribution in [-0.2, 0) is 0 Å². The molecule has 2 aliphatic rings. The van der Waals surface area contributed by atoms with Crippen LogP contribution in [0.4, 0.5) is 0 Å². The van der Waals surface area contributed by atoms with Crippen molar-refractivity contribution in [1.82, 2.24) is 5.32 Å². The fraction of sp³-hybridized carbons (Fsp3) is 0.600. The second kappa shape index (κ2) is 5.62. The van der Waals surface area contributed by atoms with Gasteiger partial charge in [0.15, 0.2) is 0 Å². The zero-order valence-electron chi connectivity index (χ0n) is 10.6. The van der Waals surface area contributed by atoms with E-state index in [1.165, 1.54) is 31.2 Å². The van der Waals surface area contributed by atoms with Crippen molar-refractivity contribution in [2.24, 2.45) is 5.92 Å². The molecule has 1 atom stereocenters. The van der Waals surface area contributed by atoms with Gasteiger partial charge < -0.3 is 10.1 Å². The Morgan fingerprint density at radius 2 is 2.11 bits per heavy atom. The monoisotopic (exact) mass is 309 g/mol. The Bertz CT molecular complexity index is 411. The summed E-state index contributed by atoms with van der Waals surface area (Å²) in [4.78, 5) is 0. The lowest BCUT2D eigenvalue weighted by molar-refractivity contribution is 0.299. The third-order valence-electron chi connectivity index (χ3n) is 3.84. The average molecular weight is 310 g/mol. The maximum Gasteiger partial charge on any atom is 0.120 e. The second-order valence-corrected chi connectivity index (χ2v) is 6.43. The summed E-state index contributed by atoms with van der Waals surface area (Å²) in [6.07, 6.45) is 5.24. The third-order valence-corrected chi connectivity index (χ3v) is 4.30. The SMILES string of the molecule is Brc1cc(OCC2CC2)cc(C2CCCNC2)c1. The molecule has 3 heteroatoms. The first kappa shape index (κ1) is 12.5. The van der Waals surface area contributed by atoms with Gasteiger partial charge in [-0.3, -0.25) is 0 Å². The fourth-order valence-electron chi connectivity index (χ4n) is 2.54. The van der Waals surface area contributed by atoms with Crippen molar-refractivity contribution in [3.63, 3.8) is 0 Å². The van der Waals surface area contributed by atoms with E-state index in [1.54, 1.807) is 0 Å². The molecule has 98 valence electrons. The first-order valence-corrected chi connectivity index (χ1v) is 7.74. The molecule has 1 unspecified atom stereocenters. The van der Waals surface area contributed by atoms with Crippen molar-refractivity contribution in [1.29, 1.82) is 0 Å². The van der Waals surface area contributed by atoms with Crippen LogP contribution >= 0.6 is 15.9 Å². The molecule has 1 saturated heterocycles. The average Bonchev–Trinajstić information content (AvgIpc) is 3.21. The number of piperidine rings is 1. The number of rotatable bonds is 4. The molecule has 1 N–H and O–H groups in total. The first-order chi connectivity index (χ1) is 8.81. The molecule has 1 aromatic carbocycles. The van der Waals surface area contributed by atoms with Crippen LogP contribution in [0.25, 0.3) is 0 Å². The minimum atomic E-state index is 0.638. The molecule has 1 aliphatic heterocycles. The highest BCUT2D eigenvalue weighted by atomic mass is 79.9. The molecular formula is C15H20BrNO. The second-order valence-electron chi connectivity index (χ2n) is 5.52. The lowest BCUT2D eigenvalue weighted by Gasteiger charge is -2.23. The third kappa shape index (κ3) is 3.27. The van der Waals surface area contributed by atoms with E-state index in [2.05, 4.69) is 39.4 Å². The van der Waals surface area contributed by atoms with Crippen LogP contribution in [0.1, 0.15) is 37.2 Å². The Morgan fingerprint density at radius 3 is 2.83 bits per heavy atom. The number of hydrogen-bond acceptors (Lipinski definition) is 2. The Balaban J connectivity index is 1.71. The van der Waals surface area contributed by atoms with E-state index >= 15 is 0 Å². The van der Waals surface area contributed by atoms with Gasteiger partial charge in [-0.1, -0.05) is 15.9 Å². The topological polar surface area (TPSA) is 21.3 Å². The van der Waals surface area contributed by atoms with Gasteiger partial charge in [0.2, 0.25) is 0 Å². The minimum Gasteiger partial charge on any atom is -0.493 e. The molecular weight excluding hydrogens is 290 g/mol. The molecule has 2 nitrogen and oxygen atoms in total. The summed E-state index contributed by atoms with van der Waals surface area (Å²) >= 11 is 3.60. The van der Waals surface area contributed by atoms with Crippen LogP contribution in [0.5, 0.6) is 5.75 Å². The van der Waals surface area contributed by atoms with Crippen molar-refractivity contribution < 1.29 is 4.74 Å². The maximum absolute atomic E-state index is 5.89. The van der Waals surface area contributed by atoms with Gasteiger partial charge in [0.25, 0.3) is 0 Å². The summed E-state index contributed by atoms with van der Waals surface area (Å²) in [5.41, 5.74) is 1.40. The summed E-state index contributed by atoms with van der Waals surface area (Å²) in [7, 11) is 0. The van der Waals surface area contributed by atoms with Crippen LogP contribution in [0.15, 0.2) is 22.7 Å². The van der Waals surface area contributed by atoms with E-state index < -0.39 is 0 Å². The molecule has 18 heavy (non-hydrogen) atoms. The summed E-state index contributed by atoms with van der Waals surface area (Å²) in [6.45, 7) is 3.15. The highest BCUT2D eigenvalue weighted by molar-refractivity contribution is 9.10. The molecule has 0 radical (unpaired) electrons. The summed E-state index contributed by atoms with van der Waals surface area (Å²) in [5, 5.41) is 3.48. The van der Waals surface area contributed by atoms with Crippen molar-refractivity contribution in [2.45, 2.75) is 31.6 Å². The molecule has 0 spiro atoms. The van der Waals surface area contributed by atoms with Crippen LogP contribution in [0, 0.1) is 5.92 Å². The first-order valence-electron chi connectivity index (χ1n) is 6.95. The van der Waals surface area contributed by atoms with Crippen LogP contribution < -0.4 is 10.1 Å². The van der Waals surface area contributed by atoms with E-state index in [-0.39, 0.29) is 0 Å². The molecule has 0 aromatic heterocycles.